The summed E-state index contributed by atoms with van der Waals surface area (Å²) in [4.78, 5) is 22.1. The second-order valence-corrected chi connectivity index (χ2v) is 3.50. The van der Waals surface area contributed by atoms with Gasteiger partial charge in [0, 0.05) is 13.8 Å². The van der Waals surface area contributed by atoms with E-state index in [2.05, 4.69) is 14.2 Å². The lowest BCUT2D eigenvalue weighted by Crippen LogP contribution is -2.25. The van der Waals surface area contributed by atoms with Gasteiger partial charge in [0.1, 0.15) is 0 Å². The van der Waals surface area contributed by atoms with E-state index >= 15 is 0 Å². The van der Waals surface area contributed by atoms with Crippen molar-refractivity contribution < 1.29 is 17.2 Å². The predicted molar refractivity (Wildman–Crippen MR) is 39.5 cm³/mol. The van der Waals surface area contributed by atoms with Crippen LogP contribution in [0.15, 0.2) is 11.5 Å². The molecule has 0 unspecified atom stereocenters. The molecule has 0 aliphatic heterocycles. The summed E-state index contributed by atoms with van der Waals surface area (Å²) < 4.78 is 9.30. The molecule has 0 amide bonds. The van der Waals surface area contributed by atoms with Crippen LogP contribution in [0, 0.1) is 0 Å². The largest absolute Gasteiger partial charge is 0.896 e. The van der Waals surface area contributed by atoms with Crippen LogP contribution >= 0.6 is 0 Å². The van der Waals surface area contributed by atoms with Crippen molar-refractivity contribution in [2.45, 2.75) is 13.8 Å². The van der Waals surface area contributed by atoms with Gasteiger partial charge >= 0.3 is 14.8 Å². The molecule has 0 aromatic rings. The highest BCUT2D eigenvalue weighted by Crippen LogP contribution is 1.91. The van der Waals surface area contributed by atoms with E-state index in [0.717, 1.165) is 0 Å². The molecule has 0 spiro atoms. The standard InChI is InChI=1S/2C2H4O2.C2H3.Al/c2*1-2(3)4;1-2;/h2*1H3,(H,3,4);1H,2H2;/q;;;+2/p-2. The fraction of sp³-hybridized carbons (Fsp3) is 0.333. The van der Waals surface area contributed by atoms with E-state index in [9.17, 15) is 9.59 Å². The second-order valence-electron chi connectivity index (χ2n) is 1.82. The third kappa shape index (κ3) is 5.65. The number of carbonyl (C=O) groups is 2. The Kier molecular flexibility index (Phi) is 4.59. The highest BCUT2D eigenvalue weighted by Gasteiger charge is 2.30. The van der Waals surface area contributed by atoms with Crippen LogP contribution in [0.3, 0.4) is 0 Å². The van der Waals surface area contributed by atoms with Crippen molar-refractivity contribution in [2.24, 2.45) is 0 Å². The summed E-state index contributed by atoms with van der Waals surface area (Å²) in [7, 11) is 0. The zero-order valence-corrected chi connectivity index (χ0v) is 7.65. The summed E-state index contributed by atoms with van der Waals surface area (Å²) in [6.07, 6.45) is 0. The maximum absolute atomic E-state index is 10.4. The van der Waals surface area contributed by atoms with Crippen LogP contribution in [0.2, 0.25) is 0 Å². The van der Waals surface area contributed by atoms with Crippen LogP contribution in [0.1, 0.15) is 13.8 Å². The molecule has 0 saturated heterocycles. The zero-order valence-electron chi connectivity index (χ0n) is 6.49. The van der Waals surface area contributed by atoms with Crippen LogP contribution in [0.5, 0.6) is 0 Å². The second kappa shape index (κ2) is 4.94. The zero-order chi connectivity index (χ0) is 8.85. The molecule has 0 radical (unpaired) electrons. The molecule has 0 atom stereocenters. The molecule has 0 aliphatic rings. The van der Waals surface area contributed by atoms with E-state index in [1.165, 1.54) is 18.8 Å². The van der Waals surface area contributed by atoms with Gasteiger partial charge in [0.15, 0.2) is 0 Å². The van der Waals surface area contributed by atoms with Crippen molar-refractivity contribution in [1.29, 1.82) is 0 Å². The Morgan fingerprint density at radius 1 is 1.27 bits per heavy atom. The van der Waals surface area contributed by atoms with Crippen LogP contribution in [0.25, 0.3) is 0 Å². The first kappa shape index (κ1) is 10.2. The molecule has 5 heteroatoms. The highest BCUT2D eigenvalue weighted by atomic mass is 27.2. The molecule has 0 N–H and O–H groups in total. The molecule has 0 rings (SSSR count). The van der Waals surface area contributed by atoms with Gasteiger partial charge in [-0.1, -0.05) is 4.94 Å². The third-order valence-electron chi connectivity index (χ3n) is 0.757. The fourth-order valence-corrected chi connectivity index (χ4v) is 1.34. The van der Waals surface area contributed by atoms with E-state index < -0.39 is 26.8 Å². The van der Waals surface area contributed by atoms with E-state index in [1.807, 2.05) is 0 Å². The van der Waals surface area contributed by atoms with Gasteiger partial charge in [-0.05, 0) is 0 Å². The third-order valence-corrected chi connectivity index (χ3v) is 2.27. The van der Waals surface area contributed by atoms with Crippen molar-refractivity contribution in [1.82, 2.24) is 0 Å². The van der Waals surface area contributed by atoms with Crippen LogP contribution < -0.4 is 0 Å². The molecule has 0 aliphatic carbocycles. The average molecular weight is 172 g/mol. The van der Waals surface area contributed by atoms with E-state index in [-0.39, 0.29) is 0 Å². The van der Waals surface area contributed by atoms with Gasteiger partial charge in [0.2, 0.25) is 0 Å². The van der Waals surface area contributed by atoms with Gasteiger partial charge in [-0.2, -0.15) is 0 Å². The van der Waals surface area contributed by atoms with Crippen molar-refractivity contribution >= 4 is 26.8 Å². The Bertz CT molecular complexity index is 161. The van der Waals surface area contributed by atoms with Crippen molar-refractivity contribution in [3.05, 3.63) is 11.5 Å². The molecule has 0 heterocycles. The van der Waals surface area contributed by atoms with Gasteiger partial charge in [0.25, 0.3) is 11.9 Å². The molecule has 60 valence electrons. The molecule has 0 bridgehead atoms. The average Bonchev–Trinajstić information content (AvgIpc) is 1.84. The molecule has 0 aromatic carbocycles. The highest BCUT2D eigenvalue weighted by molar-refractivity contribution is 6.54. The summed E-state index contributed by atoms with van der Waals surface area (Å²) in [5.74, 6) is -0.911. The van der Waals surface area contributed by atoms with Crippen LogP contribution in [-0.4, -0.2) is 26.8 Å². The number of rotatable bonds is 3. The Morgan fingerprint density at radius 3 is 1.82 bits per heavy atom. The predicted octanol–water partition coefficient (Wildman–Crippen LogP) is 0.326. The van der Waals surface area contributed by atoms with Crippen molar-refractivity contribution in [3.63, 3.8) is 0 Å². The molecule has 11 heavy (non-hydrogen) atoms. The summed E-state index contributed by atoms with van der Waals surface area (Å²) in [6, 6.07) is 0. The first-order chi connectivity index (χ1) is 5.06. The number of hydrogen-bond donors (Lipinski definition) is 0. The van der Waals surface area contributed by atoms with Crippen LogP contribution in [-0.2, 0) is 17.2 Å². The summed E-state index contributed by atoms with van der Waals surface area (Å²) in [5.41, 5.74) is 0. The maximum Gasteiger partial charge on any atom is 0.896 e. The van der Waals surface area contributed by atoms with Gasteiger partial charge < -0.3 is 7.58 Å². The minimum atomic E-state index is -2.26. The van der Waals surface area contributed by atoms with Gasteiger partial charge in [0.05, 0.1) is 0 Å². The topological polar surface area (TPSA) is 52.6 Å². The van der Waals surface area contributed by atoms with Crippen LogP contribution in [0.4, 0.5) is 0 Å². The lowest BCUT2D eigenvalue weighted by atomic mass is 10.9. The summed E-state index contributed by atoms with van der Waals surface area (Å²) in [5, 5.41) is 0. The number of carbonyl (C=O) groups excluding carboxylic acids is 2. The monoisotopic (exact) mass is 172 g/mol. The number of hydrogen-bond acceptors (Lipinski definition) is 4. The molecular formula is C6H9AlO4. The molecule has 4 nitrogen and oxygen atoms in total. The SMILES string of the molecule is C=[CH][Al]([O]C(C)=O)[O]C(C)=O. The molecule has 0 saturated carbocycles. The van der Waals surface area contributed by atoms with Crippen molar-refractivity contribution in [2.75, 3.05) is 0 Å². The minimum absolute atomic E-state index is 0.456. The summed E-state index contributed by atoms with van der Waals surface area (Å²) in [6.45, 7) is 5.89. The first-order valence-corrected chi connectivity index (χ1v) is 4.64. The maximum atomic E-state index is 10.4. The molecule has 0 aromatic heterocycles. The molecule has 0 fully saturated rings. The van der Waals surface area contributed by atoms with E-state index in [4.69, 9.17) is 0 Å². The first-order valence-electron chi connectivity index (χ1n) is 3.03. The lowest BCUT2D eigenvalue weighted by Gasteiger charge is -2.06. The van der Waals surface area contributed by atoms with Gasteiger partial charge in [-0.25, -0.2) is 0 Å². The fourth-order valence-electron chi connectivity index (χ4n) is 0.447. The Labute approximate surface area is 69.8 Å². The van der Waals surface area contributed by atoms with Crippen molar-refractivity contribution in [3.8, 4) is 0 Å². The quantitative estimate of drug-likeness (QED) is 0.575. The smallest absolute Gasteiger partial charge is 0.582 e. The van der Waals surface area contributed by atoms with Gasteiger partial charge in [-0.15, -0.1) is 6.58 Å². The Balaban J connectivity index is 3.85. The van der Waals surface area contributed by atoms with Gasteiger partial charge in [-0.3, -0.25) is 9.59 Å². The lowest BCUT2D eigenvalue weighted by molar-refractivity contribution is -0.137. The minimum Gasteiger partial charge on any atom is -0.582 e. The summed E-state index contributed by atoms with van der Waals surface area (Å²) >= 11 is -2.26. The normalized spacial score (nSPS) is 8.18. The molecular weight excluding hydrogens is 163 g/mol. The van der Waals surface area contributed by atoms with E-state index in [1.54, 1.807) is 0 Å². The Hall–Kier alpha value is -0.788. The van der Waals surface area contributed by atoms with E-state index in [0.29, 0.717) is 0 Å². The Morgan fingerprint density at radius 2 is 1.64 bits per heavy atom.